The summed E-state index contributed by atoms with van der Waals surface area (Å²) in [5.74, 6) is 2.06. The van der Waals surface area contributed by atoms with Crippen LogP contribution in [-0.4, -0.2) is 22.3 Å². The lowest BCUT2D eigenvalue weighted by Gasteiger charge is -2.08. The third kappa shape index (κ3) is 14.6. The highest BCUT2D eigenvalue weighted by atomic mass is 32.2. The molecule has 4 heteroatoms. The maximum Gasteiger partial charge on any atom is 0.187 e. The van der Waals surface area contributed by atoms with E-state index in [4.69, 9.17) is 4.74 Å². The lowest BCUT2D eigenvalue weighted by Crippen LogP contribution is -1.97. The van der Waals surface area contributed by atoms with E-state index in [1.54, 1.807) is 11.8 Å². The van der Waals surface area contributed by atoms with Gasteiger partial charge in [-0.05, 0) is 30.5 Å². The summed E-state index contributed by atoms with van der Waals surface area (Å²) in [4.78, 5) is 9.15. The second-order valence-electron chi connectivity index (χ2n) is 9.78. The van der Waals surface area contributed by atoms with Crippen molar-refractivity contribution >= 4 is 11.8 Å². The van der Waals surface area contributed by atoms with E-state index in [0.717, 1.165) is 40.8 Å². The number of hydrogen-bond acceptors (Lipinski definition) is 4. The van der Waals surface area contributed by atoms with Gasteiger partial charge in [-0.3, -0.25) is 0 Å². The van der Waals surface area contributed by atoms with E-state index in [9.17, 15) is 0 Å². The van der Waals surface area contributed by atoms with Crippen molar-refractivity contribution in [1.29, 1.82) is 0 Å². The van der Waals surface area contributed by atoms with E-state index >= 15 is 0 Å². The zero-order chi connectivity index (χ0) is 24.8. The minimum Gasteiger partial charge on any atom is -0.494 e. The van der Waals surface area contributed by atoms with Gasteiger partial charge in [-0.15, -0.1) is 0 Å². The van der Waals surface area contributed by atoms with E-state index in [0.29, 0.717) is 0 Å². The summed E-state index contributed by atoms with van der Waals surface area (Å²) >= 11 is 1.78. The number of aromatic nitrogens is 2. The Bertz CT molecular complexity index is 733. The van der Waals surface area contributed by atoms with Gasteiger partial charge in [-0.25, -0.2) is 9.97 Å². The summed E-state index contributed by atoms with van der Waals surface area (Å²) in [6.45, 7) is 5.36. The van der Waals surface area contributed by atoms with Gasteiger partial charge in [0.05, 0.1) is 6.61 Å². The molecule has 0 aliphatic rings. The van der Waals surface area contributed by atoms with Crippen LogP contribution >= 0.6 is 11.8 Å². The van der Waals surface area contributed by atoms with Crippen molar-refractivity contribution < 1.29 is 4.74 Å². The molecule has 0 fully saturated rings. The summed E-state index contributed by atoms with van der Waals surface area (Å²) in [6.07, 6.45) is 26.8. The van der Waals surface area contributed by atoms with Gasteiger partial charge in [0, 0.05) is 23.7 Å². The largest absolute Gasteiger partial charge is 0.494 e. The van der Waals surface area contributed by atoms with Gasteiger partial charge in [-0.2, -0.15) is 0 Å². The lowest BCUT2D eigenvalue weighted by atomic mass is 10.1. The molecule has 0 saturated heterocycles. The summed E-state index contributed by atoms with van der Waals surface area (Å²) in [6, 6.07) is 8.34. The Morgan fingerprint density at radius 3 is 1.60 bits per heavy atom. The van der Waals surface area contributed by atoms with Crippen LogP contribution in [0.5, 0.6) is 5.75 Å². The number of thioether (sulfide) groups is 1. The standard InChI is InChI=1S/C31H50N2OS/c1-3-5-7-9-11-13-15-17-19-25-35-31-32-26-29(27-33-31)28-20-22-30(23-21-28)34-24-18-16-14-12-10-8-6-4-2/h20-23,26-27H,3-19,24-25H2,1-2H3. The highest BCUT2D eigenvalue weighted by Gasteiger charge is 2.03. The van der Waals surface area contributed by atoms with E-state index < -0.39 is 0 Å². The van der Waals surface area contributed by atoms with E-state index in [1.165, 1.54) is 103 Å². The Hall–Kier alpha value is -1.55. The fraction of sp³-hybridized carbons (Fsp3) is 0.677. The number of nitrogens with zero attached hydrogens (tertiary/aromatic N) is 2. The van der Waals surface area contributed by atoms with Gasteiger partial charge >= 0.3 is 0 Å². The van der Waals surface area contributed by atoms with Crippen molar-refractivity contribution in [2.24, 2.45) is 0 Å². The van der Waals surface area contributed by atoms with Crippen molar-refractivity contribution in [2.75, 3.05) is 12.4 Å². The first kappa shape index (κ1) is 29.7. The maximum atomic E-state index is 5.93. The maximum absolute atomic E-state index is 5.93. The molecule has 0 aliphatic carbocycles. The molecule has 0 atom stereocenters. The third-order valence-electron chi connectivity index (χ3n) is 6.56. The van der Waals surface area contributed by atoms with Crippen LogP contribution in [0, 0.1) is 0 Å². The van der Waals surface area contributed by atoms with E-state index in [2.05, 4.69) is 48.1 Å². The van der Waals surface area contributed by atoms with Crippen LogP contribution in [0.3, 0.4) is 0 Å². The highest BCUT2D eigenvalue weighted by molar-refractivity contribution is 7.99. The van der Waals surface area contributed by atoms with Gasteiger partial charge in [0.2, 0.25) is 0 Å². The monoisotopic (exact) mass is 498 g/mol. The SMILES string of the molecule is CCCCCCCCCCCSc1ncc(-c2ccc(OCCCCCCCCCC)cc2)cn1. The summed E-state index contributed by atoms with van der Waals surface area (Å²) < 4.78 is 5.93. The molecule has 0 radical (unpaired) electrons. The molecule has 3 nitrogen and oxygen atoms in total. The van der Waals surface area contributed by atoms with Crippen molar-refractivity contribution in [3.8, 4) is 16.9 Å². The van der Waals surface area contributed by atoms with Crippen LogP contribution in [0.1, 0.15) is 123 Å². The summed E-state index contributed by atoms with van der Waals surface area (Å²) in [5, 5.41) is 0.888. The molecule has 35 heavy (non-hydrogen) atoms. The summed E-state index contributed by atoms with van der Waals surface area (Å²) in [5.41, 5.74) is 2.20. The Balaban J connectivity index is 1.55. The minimum absolute atomic E-state index is 0.808. The molecule has 0 aliphatic heterocycles. The molecule has 0 N–H and O–H groups in total. The first-order valence-electron chi connectivity index (χ1n) is 14.5. The average molecular weight is 499 g/mol. The predicted molar refractivity (Wildman–Crippen MR) is 154 cm³/mol. The highest BCUT2D eigenvalue weighted by Crippen LogP contribution is 2.23. The molecule has 1 aromatic carbocycles. The normalized spacial score (nSPS) is 11.1. The molecule has 0 amide bonds. The number of hydrogen-bond donors (Lipinski definition) is 0. The zero-order valence-corrected chi connectivity index (χ0v) is 23.4. The minimum atomic E-state index is 0.808. The molecule has 1 aromatic heterocycles. The van der Waals surface area contributed by atoms with Crippen LogP contribution in [0.15, 0.2) is 41.8 Å². The second kappa shape index (κ2) is 20.6. The van der Waals surface area contributed by atoms with Crippen molar-refractivity contribution in [2.45, 2.75) is 128 Å². The van der Waals surface area contributed by atoms with Gasteiger partial charge < -0.3 is 4.74 Å². The fourth-order valence-corrected chi connectivity index (χ4v) is 5.07. The molecule has 2 rings (SSSR count). The number of unbranched alkanes of at least 4 members (excludes halogenated alkanes) is 15. The molecule has 196 valence electrons. The lowest BCUT2D eigenvalue weighted by molar-refractivity contribution is 0.304. The predicted octanol–water partition coefficient (Wildman–Crippen LogP) is 10.3. The topological polar surface area (TPSA) is 35.0 Å². The fourth-order valence-electron chi connectivity index (χ4n) is 4.29. The number of rotatable bonds is 22. The molecule has 0 saturated carbocycles. The van der Waals surface area contributed by atoms with Crippen molar-refractivity contribution in [3.05, 3.63) is 36.7 Å². The summed E-state index contributed by atoms with van der Waals surface area (Å²) in [7, 11) is 0. The second-order valence-corrected chi connectivity index (χ2v) is 10.8. The molecule has 1 heterocycles. The van der Waals surface area contributed by atoms with Crippen LogP contribution in [0.2, 0.25) is 0 Å². The molecule has 2 aromatic rings. The van der Waals surface area contributed by atoms with Gasteiger partial charge in [0.15, 0.2) is 5.16 Å². The molecule has 0 unspecified atom stereocenters. The number of ether oxygens (including phenoxy) is 1. The van der Waals surface area contributed by atoms with Gasteiger partial charge in [0.25, 0.3) is 0 Å². The van der Waals surface area contributed by atoms with Gasteiger partial charge in [0.1, 0.15) is 5.75 Å². The average Bonchev–Trinajstić information content (AvgIpc) is 2.89. The molecular formula is C31H50N2OS. The van der Waals surface area contributed by atoms with E-state index in [-0.39, 0.29) is 0 Å². The number of benzene rings is 1. The van der Waals surface area contributed by atoms with Crippen LogP contribution in [0.4, 0.5) is 0 Å². The third-order valence-corrected chi connectivity index (χ3v) is 7.52. The molecular weight excluding hydrogens is 448 g/mol. The smallest absolute Gasteiger partial charge is 0.187 e. The first-order valence-corrected chi connectivity index (χ1v) is 15.5. The van der Waals surface area contributed by atoms with Gasteiger partial charge in [-0.1, -0.05) is 134 Å². The Morgan fingerprint density at radius 1 is 0.571 bits per heavy atom. The van der Waals surface area contributed by atoms with Crippen LogP contribution in [0.25, 0.3) is 11.1 Å². The molecule has 0 bridgehead atoms. The van der Waals surface area contributed by atoms with Crippen molar-refractivity contribution in [1.82, 2.24) is 9.97 Å². The van der Waals surface area contributed by atoms with Crippen molar-refractivity contribution in [3.63, 3.8) is 0 Å². The Morgan fingerprint density at radius 2 is 1.06 bits per heavy atom. The Kier molecular flexibility index (Phi) is 17.5. The molecule has 0 spiro atoms. The zero-order valence-electron chi connectivity index (χ0n) is 22.6. The van der Waals surface area contributed by atoms with E-state index in [1.807, 2.05) is 12.4 Å². The van der Waals surface area contributed by atoms with Crippen LogP contribution in [-0.2, 0) is 0 Å². The quantitative estimate of drug-likeness (QED) is 0.0918. The first-order chi connectivity index (χ1) is 17.3. The van der Waals surface area contributed by atoms with Crippen LogP contribution < -0.4 is 4.74 Å². The Labute approximate surface area is 220 Å².